The summed E-state index contributed by atoms with van der Waals surface area (Å²) in [5, 5.41) is 9.61. The third-order valence-corrected chi connectivity index (χ3v) is 5.01. The number of aromatic nitrogens is 4. The second-order valence-electron chi connectivity index (χ2n) is 5.01. The van der Waals surface area contributed by atoms with E-state index in [0.717, 1.165) is 26.0 Å². The molecule has 0 radical (unpaired) electrons. The van der Waals surface area contributed by atoms with E-state index in [1.807, 2.05) is 30.5 Å². The Hall–Kier alpha value is -2.78. The highest BCUT2D eigenvalue weighted by molar-refractivity contribution is 7.22. The Balaban J connectivity index is 1.65. The molecule has 0 fully saturated rings. The van der Waals surface area contributed by atoms with E-state index < -0.39 is 0 Å². The number of hydrogen-bond acceptors (Lipinski definition) is 9. The number of nitrogens with one attached hydrogen (secondary N) is 2. The van der Waals surface area contributed by atoms with Crippen molar-refractivity contribution in [3.8, 4) is 0 Å². The van der Waals surface area contributed by atoms with E-state index in [-0.39, 0.29) is 0 Å². The van der Waals surface area contributed by atoms with Gasteiger partial charge >= 0.3 is 0 Å². The van der Waals surface area contributed by atoms with Gasteiger partial charge in [-0.15, -0.1) is 11.3 Å². The van der Waals surface area contributed by atoms with Crippen LogP contribution in [0.1, 0.15) is 5.56 Å². The lowest BCUT2D eigenvalue weighted by atomic mass is 10.2. The minimum atomic E-state index is 0.420. The van der Waals surface area contributed by atoms with Crippen molar-refractivity contribution in [3.63, 3.8) is 0 Å². The standard InChI is InChI=1S/C15H13N7S2/c1-8-3-2-4-9-11(8)20-15(24-9)22-13-10(16)12(18-7-19-13)21-14-17-5-6-23-14/h2-7H,16H2,1H3,(H2,17,18,19,20,21,22). The van der Waals surface area contributed by atoms with Crippen LogP contribution >= 0.6 is 22.7 Å². The van der Waals surface area contributed by atoms with Crippen LogP contribution in [0, 0.1) is 6.92 Å². The van der Waals surface area contributed by atoms with Gasteiger partial charge in [0, 0.05) is 11.6 Å². The third kappa shape index (κ3) is 2.74. The number of rotatable bonds is 4. The van der Waals surface area contributed by atoms with Crippen LogP contribution in [0.25, 0.3) is 10.2 Å². The molecule has 4 N–H and O–H groups in total. The molecule has 0 saturated heterocycles. The van der Waals surface area contributed by atoms with E-state index in [0.29, 0.717) is 17.3 Å². The number of para-hydroxylation sites is 1. The first kappa shape index (κ1) is 14.8. The summed E-state index contributed by atoms with van der Waals surface area (Å²) in [5.74, 6) is 1.03. The number of aryl methyl sites for hydroxylation is 1. The van der Waals surface area contributed by atoms with E-state index in [9.17, 15) is 0 Å². The quantitative estimate of drug-likeness (QED) is 0.510. The molecule has 24 heavy (non-hydrogen) atoms. The smallest absolute Gasteiger partial charge is 0.189 e. The Kier molecular flexibility index (Phi) is 3.71. The van der Waals surface area contributed by atoms with Gasteiger partial charge in [-0.2, -0.15) is 0 Å². The average Bonchev–Trinajstić information content (AvgIpc) is 3.21. The van der Waals surface area contributed by atoms with Gasteiger partial charge in [-0.05, 0) is 18.6 Å². The highest BCUT2D eigenvalue weighted by Crippen LogP contribution is 2.33. The predicted molar refractivity (Wildman–Crippen MR) is 99.5 cm³/mol. The SMILES string of the molecule is Cc1cccc2sc(Nc3ncnc(Nc4nccs4)c3N)nc12. The van der Waals surface area contributed by atoms with Crippen LogP contribution < -0.4 is 16.4 Å². The third-order valence-electron chi connectivity index (χ3n) is 3.39. The molecule has 0 aliphatic rings. The van der Waals surface area contributed by atoms with Crippen LogP contribution in [0.2, 0.25) is 0 Å². The van der Waals surface area contributed by atoms with Gasteiger partial charge in [-0.25, -0.2) is 19.9 Å². The molecule has 3 heterocycles. The average molecular weight is 355 g/mol. The molecule has 120 valence electrons. The van der Waals surface area contributed by atoms with Crippen LogP contribution in [-0.4, -0.2) is 19.9 Å². The van der Waals surface area contributed by atoms with Crippen LogP contribution in [0.3, 0.4) is 0 Å². The largest absolute Gasteiger partial charge is 0.393 e. The van der Waals surface area contributed by atoms with Gasteiger partial charge in [0.05, 0.1) is 10.2 Å². The minimum Gasteiger partial charge on any atom is -0.393 e. The molecular formula is C15H13N7S2. The van der Waals surface area contributed by atoms with Crippen molar-refractivity contribution in [2.24, 2.45) is 0 Å². The first-order chi connectivity index (χ1) is 11.7. The maximum Gasteiger partial charge on any atom is 0.189 e. The van der Waals surface area contributed by atoms with Crippen molar-refractivity contribution < 1.29 is 0 Å². The molecule has 4 rings (SSSR count). The fourth-order valence-electron chi connectivity index (χ4n) is 2.22. The Bertz CT molecular complexity index is 994. The molecule has 0 atom stereocenters. The van der Waals surface area contributed by atoms with Gasteiger partial charge < -0.3 is 16.4 Å². The monoisotopic (exact) mass is 355 g/mol. The van der Waals surface area contributed by atoms with Gasteiger partial charge in [0.1, 0.15) is 12.0 Å². The van der Waals surface area contributed by atoms with E-state index >= 15 is 0 Å². The zero-order valence-corrected chi connectivity index (χ0v) is 14.3. The lowest BCUT2D eigenvalue weighted by Gasteiger charge is -2.09. The van der Waals surface area contributed by atoms with Crippen molar-refractivity contribution >= 4 is 60.5 Å². The fourth-order valence-corrected chi connectivity index (χ4v) is 3.69. The molecular weight excluding hydrogens is 342 g/mol. The van der Waals surface area contributed by atoms with E-state index in [2.05, 4.69) is 30.6 Å². The van der Waals surface area contributed by atoms with Gasteiger partial charge in [-0.3, -0.25) is 0 Å². The fraction of sp³-hybridized carbons (Fsp3) is 0.0667. The van der Waals surface area contributed by atoms with E-state index in [1.54, 1.807) is 17.5 Å². The maximum atomic E-state index is 6.18. The summed E-state index contributed by atoms with van der Waals surface area (Å²) in [6.45, 7) is 2.04. The number of fused-ring (bicyclic) bond motifs is 1. The Morgan fingerprint density at radius 1 is 1.04 bits per heavy atom. The molecule has 9 heteroatoms. The first-order valence-corrected chi connectivity index (χ1v) is 8.80. The molecule has 0 aliphatic carbocycles. The summed E-state index contributed by atoms with van der Waals surface area (Å²) in [5.41, 5.74) is 8.72. The van der Waals surface area contributed by atoms with Crippen LogP contribution in [0.15, 0.2) is 36.1 Å². The summed E-state index contributed by atoms with van der Waals surface area (Å²) >= 11 is 3.03. The predicted octanol–water partition coefficient (Wildman–Crippen LogP) is 3.92. The van der Waals surface area contributed by atoms with Gasteiger partial charge in [-0.1, -0.05) is 23.5 Å². The highest BCUT2D eigenvalue weighted by atomic mass is 32.1. The first-order valence-electron chi connectivity index (χ1n) is 7.11. The summed E-state index contributed by atoms with van der Waals surface area (Å²) < 4.78 is 1.12. The molecule has 4 aromatic rings. The normalized spacial score (nSPS) is 10.9. The zero-order valence-electron chi connectivity index (χ0n) is 12.6. The number of benzene rings is 1. The number of hydrogen-bond donors (Lipinski definition) is 3. The maximum absolute atomic E-state index is 6.18. The Morgan fingerprint density at radius 2 is 1.83 bits per heavy atom. The molecule has 3 aromatic heterocycles. The van der Waals surface area contributed by atoms with Crippen molar-refractivity contribution in [3.05, 3.63) is 41.7 Å². The molecule has 0 bridgehead atoms. The molecule has 0 amide bonds. The highest BCUT2D eigenvalue weighted by Gasteiger charge is 2.12. The van der Waals surface area contributed by atoms with Crippen molar-refractivity contribution in [1.29, 1.82) is 0 Å². The molecule has 0 unspecified atom stereocenters. The van der Waals surface area contributed by atoms with Crippen LogP contribution in [0.5, 0.6) is 0 Å². The topological polar surface area (TPSA) is 102 Å². The second kappa shape index (κ2) is 6.02. The number of thiazole rings is 2. The molecule has 0 spiro atoms. The van der Waals surface area contributed by atoms with Gasteiger partial charge in [0.2, 0.25) is 0 Å². The van der Waals surface area contributed by atoms with E-state index in [1.165, 1.54) is 17.7 Å². The number of anilines is 5. The number of nitrogens with zero attached hydrogens (tertiary/aromatic N) is 4. The Morgan fingerprint density at radius 3 is 2.54 bits per heavy atom. The van der Waals surface area contributed by atoms with Crippen LogP contribution in [-0.2, 0) is 0 Å². The zero-order chi connectivity index (χ0) is 16.5. The molecule has 0 aliphatic heterocycles. The summed E-state index contributed by atoms with van der Waals surface area (Å²) in [6.07, 6.45) is 3.17. The lowest BCUT2D eigenvalue weighted by Crippen LogP contribution is -2.04. The van der Waals surface area contributed by atoms with Crippen LogP contribution in [0.4, 0.5) is 27.6 Å². The van der Waals surface area contributed by atoms with Crippen molar-refractivity contribution in [2.75, 3.05) is 16.4 Å². The molecule has 1 aromatic carbocycles. The molecule has 0 saturated carbocycles. The van der Waals surface area contributed by atoms with Gasteiger partial charge in [0.15, 0.2) is 21.9 Å². The van der Waals surface area contributed by atoms with Gasteiger partial charge in [0.25, 0.3) is 0 Å². The summed E-state index contributed by atoms with van der Waals surface area (Å²) in [7, 11) is 0. The molecule has 7 nitrogen and oxygen atoms in total. The summed E-state index contributed by atoms with van der Waals surface area (Å²) in [6, 6.07) is 6.11. The van der Waals surface area contributed by atoms with Crippen molar-refractivity contribution in [1.82, 2.24) is 19.9 Å². The number of nitrogen functional groups attached to an aromatic ring is 1. The Labute approximate surface area is 145 Å². The van der Waals surface area contributed by atoms with Crippen molar-refractivity contribution in [2.45, 2.75) is 6.92 Å². The van der Waals surface area contributed by atoms with E-state index in [4.69, 9.17) is 5.73 Å². The number of nitrogens with two attached hydrogens (primary N) is 1. The lowest BCUT2D eigenvalue weighted by molar-refractivity contribution is 1.17. The second-order valence-corrected chi connectivity index (χ2v) is 6.94. The minimum absolute atomic E-state index is 0.420. The summed E-state index contributed by atoms with van der Waals surface area (Å²) in [4.78, 5) is 17.2.